The van der Waals surface area contributed by atoms with Crippen molar-refractivity contribution in [3.05, 3.63) is 41.0 Å². The van der Waals surface area contributed by atoms with Crippen LogP contribution >= 0.6 is 0 Å². The lowest BCUT2D eigenvalue weighted by Crippen LogP contribution is -2.41. The summed E-state index contributed by atoms with van der Waals surface area (Å²) in [5.74, 6) is -2.51. The maximum Gasteiger partial charge on any atom is 0.348 e. The number of hydrogen-bond acceptors (Lipinski definition) is 5. The van der Waals surface area contributed by atoms with Crippen molar-refractivity contribution in [3.8, 4) is 0 Å². The first-order valence-corrected chi connectivity index (χ1v) is 8.84. The summed E-state index contributed by atoms with van der Waals surface area (Å²) < 4.78 is 10.3. The van der Waals surface area contributed by atoms with Crippen molar-refractivity contribution < 1.29 is 19.1 Å². The molecule has 5 nitrogen and oxygen atoms in total. The van der Waals surface area contributed by atoms with Gasteiger partial charge in [0.15, 0.2) is 0 Å². The standard InChI is InChI=1S/C20H27NO4/c1-5-7-11-21(6-2)14-16-10-8-9-15(12-16)13-17-18(22)24-20(3,4)25-19(17)23/h8-10,12-13H,5-7,11,14H2,1-4H3. The molecule has 0 N–H and O–H groups in total. The Labute approximate surface area is 149 Å². The van der Waals surface area contributed by atoms with E-state index >= 15 is 0 Å². The Morgan fingerprint density at radius 3 is 2.40 bits per heavy atom. The van der Waals surface area contributed by atoms with Gasteiger partial charge >= 0.3 is 11.9 Å². The van der Waals surface area contributed by atoms with Gasteiger partial charge in [-0.05, 0) is 36.7 Å². The lowest BCUT2D eigenvalue weighted by molar-refractivity contribution is -0.222. The van der Waals surface area contributed by atoms with E-state index in [4.69, 9.17) is 9.47 Å². The Kier molecular flexibility index (Phi) is 6.37. The predicted octanol–water partition coefficient (Wildman–Crippen LogP) is 3.53. The third kappa shape index (κ3) is 5.43. The second kappa shape index (κ2) is 8.30. The van der Waals surface area contributed by atoms with Crippen LogP contribution in [-0.4, -0.2) is 35.7 Å². The van der Waals surface area contributed by atoms with Crippen LogP contribution in [0.1, 0.15) is 51.7 Å². The highest BCUT2D eigenvalue weighted by molar-refractivity contribution is 6.18. The molecule has 0 atom stereocenters. The molecule has 5 heteroatoms. The van der Waals surface area contributed by atoms with E-state index in [2.05, 4.69) is 24.8 Å². The second-order valence-corrected chi connectivity index (χ2v) is 6.70. The molecule has 0 saturated carbocycles. The summed E-state index contributed by atoms with van der Waals surface area (Å²) in [6.45, 7) is 10.3. The average molecular weight is 345 g/mol. The van der Waals surface area contributed by atoms with Crippen LogP contribution in [-0.2, 0) is 25.6 Å². The van der Waals surface area contributed by atoms with Crippen molar-refractivity contribution in [3.63, 3.8) is 0 Å². The molecule has 1 heterocycles. The van der Waals surface area contributed by atoms with Gasteiger partial charge in [-0.1, -0.05) is 44.5 Å². The van der Waals surface area contributed by atoms with Gasteiger partial charge in [0.25, 0.3) is 5.79 Å². The zero-order valence-electron chi connectivity index (χ0n) is 15.5. The van der Waals surface area contributed by atoms with Crippen molar-refractivity contribution in [2.75, 3.05) is 13.1 Å². The summed E-state index contributed by atoms with van der Waals surface area (Å²) >= 11 is 0. The van der Waals surface area contributed by atoms with Crippen LogP contribution in [0.2, 0.25) is 0 Å². The molecule has 1 saturated heterocycles. The topological polar surface area (TPSA) is 55.8 Å². The van der Waals surface area contributed by atoms with Crippen molar-refractivity contribution in [2.45, 2.75) is 52.9 Å². The van der Waals surface area contributed by atoms with E-state index in [0.29, 0.717) is 0 Å². The first-order valence-electron chi connectivity index (χ1n) is 8.84. The van der Waals surface area contributed by atoms with Crippen molar-refractivity contribution >= 4 is 18.0 Å². The number of rotatable bonds is 7. The quantitative estimate of drug-likeness (QED) is 0.430. The van der Waals surface area contributed by atoms with Gasteiger partial charge in [0.1, 0.15) is 5.57 Å². The van der Waals surface area contributed by atoms with Gasteiger partial charge in [0, 0.05) is 20.4 Å². The summed E-state index contributed by atoms with van der Waals surface area (Å²) in [6.07, 6.45) is 3.87. The van der Waals surface area contributed by atoms with Crippen molar-refractivity contribution in [1.29, 1.82) is 0 Å². The summed E-state index contributed by atoms with van der Waals surface area (Å²) in [7, 11) is 0. The Balaban J connectivity index is 2.15. The average Bonchev–Trinajstić information content (AvgIpc) is 2.54. The predicted molar refractivity (Wildman–Crippen MR) is 96.5 cm³/mol. The van der Waals surface area contributed by atoms with Gasteiger partial charge in [-0.2, -0.15) is 0 Å². The Morgan fingerprint density at radius 2 is 1.80 bits per heavy atom. The van der Waals surface area contributed by atoms with Gasteiger partial charge in [0.2, 0.25) is 0 Å². The largest absolute Gasteiger partial charge is 0.419 e. The minimum atomic E-state index is -1.21. The van der Waals surface area contributed by atoms with Crippen molar-refractivity contribution in [1.82, 2.24) is 4.90 Å². The Bertz CT molecular complexity index is 641. The number of benzene rings is 1. The first kappa shape index (κ1) is 19.2. The van der Waals surface area contributed by atoms with Crippen LogP contribution in [0, 0.1) is 0 Å². The monoisotopic (exact) mass is 345 g/mol. The van der Waals surface area contributed by atoms with Crippen molar-refractivity contribution in [2.24, 2.45) is 0 Å². The Hall–Kier alpha value is -2.14. The fourth-order valence-electron chi connectivity index (χ4n) is 2.72. The van der Waals surface area contributed by atoms with E-state index in [0.717, 1.165) is 30.8 Å². The molecule has 0 radical (unpaired) electrons. The zero-order chi connectivity index (χ0) is 18.4. The minimum absolute atomic E-state index is 0.0743. The molecule has 1 aliphatic heterocycles. The SMILES string of the molecule is CCCCN(CC)Cc1cccc(C=C2C(=O)OC(C)(C)OC2=O)c1. The number of esters is 2. The normalized spacial score (nSPS) is 16.6. The molecule has 0 unspecified atom stereocenters. The molecule has 25 heavy (non-hydrogen) atoms. The molecular formula is C20H27NO4. The summed E-state index contributed by atoms with van der Waals surface area (Å²) in [6, 6.07) is 7.83. The van der Waals surface area contributed by atoms with Crippen LogP contribution in [0.3, 0.4) is 0 Å². The van der Waals surface area contributed by atoms with Crippen LogP contribution < -0.4 is 0 Å². The molecule has 1 aromatic carbocycles. The third-order valence-corrected chi connectivity index (χ3v) is 4.06. The molecule has 1 aromatic rings. The molecule has 136 valence electrons. The number of hydrogen-bond donors (Lipinski definition) is 0. The number of nitrogens with zero attached hydrogens (tertiary/aromatic N) is 1. The number of carbonyl (C=O) groups is 2. The molecular weight excluding hydrogens is 318 g/mol. The van der Waals surface area contributed by atoms with Gasteiger partial charge < -0.3 is 9.47 Å². The first-order chi connectivity index (χ1) is 11.8. The molecule has 0 aromatic heterocycles. The number of cyclic esters (lactones) is 2. The van der Waals surface area contributed by atoms with E-state index in [9.17, 15) is 9.59 Å². The number of ether oxygens (including phenoxy) is 2. The van der Waals surface area contributed by atoms with E-state index < -0.39 is 17.7 Å². The van der Waals surface area contributed by atoms with Gasteiger partial charge in [0.05, 0.1) is 0 Å². The van der Waals surface area contributed by atoms with E-state index in [1.165, 1.54) is 32.8 Å². The Morgan fingerprint density at radius 1 is 1.12 bits per heavy atom. The lowest BCUT2D eigenvalue weighted by atomic mass is 10.1. The van der Waals surface area contributed by atoms with Crippen LogP contribution in [0.25, 0.3) is 6.08 Å². The number of carbonyl (C=O) groups excluding carboxylic acids is 2. The molecule has 1 fully saturated rings. The van der Waals surface area contributed by atoms with Gasteiger partial charge in [-0.15, -0.1) is 0 Å². The fourth-order valence-corrected chi connectivity index (χ4v) is 2.72. The maximum atomic E-state index is 12.1. The zero-order valence-corrected chi connectivity index (χ0v) is 15.5. The maximum absolute atomic E-state index is 12.1. The highest BCUT2D eigenvalue weighted by Crippen LogP contribution is 2.24. The summed E-state index contributed by atoms with van der Waals surface area (Å²) in [5.41, 5.74) is 1.85. The highest BCUT2D eigenvalue weighted by atomic mass is 16.7. The smallest absolute Gasteiger partial charge is 0.348 e. The second-order valence-electron chi connectivity index (χ2n) is 6.70. The lowest BCUT2D eigenvalue weighted by Gasteiger charge is -2.29. The molecule has 0 amide bonds. The molecule has 0 spiro atoms. The van der Waals surface area contributed by atoms with Gasteiger partial charge in [-0.25, -0.2) is 9.59 Å². The summed E-state index contributed by atoms with van der Waals surface area (Å²) in [4.78, 5) is 26.5. The van der Waals surface area contributed by atoms with Crippen LogP contribution in [0.4, 0.5) is 0 Å². The van der Waals surface area contributed by atoms with Crippen LogP contribution in [0.5, 0.6) is 0 Å². The van der Waals surface area contributed by atoms with E-state index in [1.54, 1.807) is 0 Å². The van der Waals surface area contributed by atoms with E-state index in [1.807, 2.05) is 18.2 Å². The van der Waals surface area contributed by atoms with Crippen LogP contribution in [0.15, 0.2) is 29.8 Å². The summed E-state index contributed by atoms with van der Waals surface area (Å²) in [5, 5.41) is 0. The third-order valence-electron chi connectivity index (χ3n) is 4.06. The fraction of sp³-hybridized carbons (Fsp3) is 0.500. The number of unbranched alkanes of at least 4 members (excludes halogenated alkanes) is 1. The molecule has 1 aliphatic rings. The van der Waals surface area contributed by atoms with E-state index in [-0.39, 0.29) is 5.57 Å². The molecule has 0 bridgehead atoms. The molecule has 0 aliphatic carbocycles. The van der Waals surface area contributed by atoms with Gasteiger partial charge in [-0.3, -0.25) is 4.90 Å². The minimum Gasteiger partial charge on any atom is -0.419 e. The molecule has 2 rings (SSSR count). The highest BCUT2D eigenvalue weighted by Gasteiger charge is 2.38.